The third-order valence-corrected chi connectivity index (χ3v) is 5.78. The molecule has 2 aromatic heterocycles. The third-order valence-electron chi connectivity index (χ3n) is 4.11. The first-order valence-electron chi connectivity index (χ1n) is 7.13. The molecule has 0 spiro atoms. The molecule has 4 rings (SSSR count). The predicted octanol–water partition coefficient (Wildman–Crippen LogP) is 2.95. The van der Waals surface area contributed by atoms with Gasteiger partial charge in [0.25, 0.3) is 5.56 Å². The summed E-state index contributed by atoms with van der Waals surface area (Å²) in [5.41, 5.74) is 1.71. The van der Waals surface area contributed by atoms with Crippen molar-refractivity contribution in [3.8, 4) is 0 Å². The Morgan fingerprint density at radius 2 is 2.04 bits per heavy atom. The maximum absolute atomic E-state index is 12.9. The van der Waals surface area contributed by atoms with Gasteiger partial charge in [0, 0.05) is 22.2 Å². The monoisotopic (exact) mass is 396 g/mol. The van der Waals surface area contributed by atoms with Gasteiger partial charge in [0.2, 0.25) is 9.84 Å². The molecule has 1 aliphatic rings. The van der Waals surface area contributed by atoms with Crippen LogP contribution in [0.3, 0.4) is 0 Å². The van der Waals surface area contributed by atoms with Crippen LogP contribution in [0.15, 0.2) is 31.0 Å². The lowest BCUT2D eigenvalue weighted by Crippen LogP contribution is -2.20. The highest BCUT2D eigenvalue weighted by Crippen LogP contribution is 2.39. The maximum Gasteiger partial charge on any atom is 0.315 e. The molecular formula is C15H13BrN2O4S. The van der Waals surface area contributed by atoms with Crippen molar-refractivity contribution in [2.45, 2.75) is 31.0 Å². The summed E-state index contributed by atoms with van der Waals surface area (Å²) in [4.78, 5) is 16.8. The number of hydrogen-bond donors (Lipinski definition) is 0. The van der Waals surface area contributed by atoms with Gasteiger partial charge in [-0.15, -0.1) is 0 Å². The highest BCUT2D eigenvalue weighted by atomic mass is 79.9. The zero-order valence-electron chi connectivity index (χ0n) is 12.5. The summed E-state index contributed by atoms with van der Waals surface area (Å²) in [5, 5.41) is 0.287. The van der Waals surface area contributed by atoms with Crippen LogP contribution in [0.25, 0.3) is 22.0 Å². The van der Waals surface area contributed by atoms with E-state index in [0.717, 1.165) is 34.7 Å². The van der Waals surface area contributed by atoms with Gasteiger partial charge >= 0.3 is 5.22 Å². The third kappa shape index (κ3) is 2.15. The Morgan fingerprint density at radius 3 is 2.65 bits per heavy atom. The van der Waals surface area contributed by atoms with Crippen LogP contribution in [-0.2, 0) is 9.84 Å². The molecule has 2 heterocycles. The smallest absolute Gasteiger partial charge is 0.315 e. The van der Waals surface area contributed by atoms with Crippen LogP contribution in [0.2, 0.25) is 0 Å². The van der Waals surface area contributed by atoms with Gasteiger partial charge in [-0.25, -0.2) is 8.42 Å². The van der Waals surface area contributed by atoms with E-state index in [1.807, 2.05) is 19.1 Å². The highest BCUT2D eigenvalue weighted by Gasteiger charge is 2.30. The van der Waals surface area contributed by atoms with Gasteiger partial charge in [-0.05, 0) is 37.5 Å². The predicted molar refractivity (Wildman–Crippen MR) is 89.6 cm³/mol. The summed E-state index contributed by atoms with van der Waals surface area (Å²) >= 11 is 3.49. The fourth-order valence-corrected chi connectivity index (χ4v) is 3.66. The van der Waals surface area contributed by atoms with E-state index in [9.17, 15) is 13.2 Å². The molecule has 1 aliphatic carbocycles. The lowest BCUT2D eigenvalue weighted by Gasteiger charge is -2.12. The fraction of sp³-hybridized carbons (Fsp3) is 0.333. The summed E-state index contributed by atoms with van der Waals surface area (Å²) in [7, 11) is -3.62. The Labute approximate surface area is 140 Å². The second-order valence-corrected chi connectivity index (χ2v) is 8.65. The molecule has 120 valence electrons. The van der Waals surface area contributed by atoms with E-state index in [0.29, 0.717) is 5.39 Å². The number of hydrogen-bond acceptors (Lipinski definition) is 5. The molecule has 0 aliphatic heterocycles. The Morgan fingerprint density at radius 1 is 1.35 bits per heavy atom. The largest absolute Gasteiger partial charge is 0.427 e. The summed E-state index contributed by atoms with van der Waals surface area (Å²) in [6, 6.07) is 3.83. The summed E-state index contributed by atoms with van der Waals surface area (Å²) in [6.45, 7) is 1.92. The first-order valence-corrected chi connectivity index (χ1v) is 9.81. The van der Waals surface area contributed by atoms with E-state index in [1.54, 1.807) is 4.57 Å². The number of aromatic nitrogens is 2. The van der Waals surface area contributed by atoms with Crippen LogP contribution in [0, 0.1) is 6.92 Å². The quantitative estimate of drug-likeness (QED) is 0.664. The first kappa shape index (κ1) is 14.9. The van der Waals surface area contributed by atoms with Crippen molar-refractivity contribution in [3.63, 3.8) is 0 Å². The normalized spacial score (nSPS) is 15.6. The fourth-order valence-electron chi connectivity index (χ4n) is 2.85. The van der Waals surface area contributed by atoms with Gasteiger partial charge in [-0.2, -0.15) is 4.98 Å². The summed E-state index contributed by atoms with van der Waals surface area (Å²) in [5.74, 6) is 0. The minimum absolute atomic E-state index is 0.0755. The van der Waals surface area contributed by atoms with Gasteiger partial charge in [0.15, 0.2) is 11.1 Å². The van der Waals surface area contributed by atoms with Crippen molar-refractivity contribution in [2.75, 3.05) is 6.26 Å². The van der Waals surface area contributed by atoms with Gasteiger partial charge in [-0.3, -0.25) is 4.79 Å². The van der Waals surface area contributed by atoms with Crippen molar-refractivity contribution in [1.82, 2.24) is 9.55 Å². The summed E-state index contributed by atoms with van der Waals surface area (Å²) in [6.07, 6.45) is 2.88. The number of nitrogens with zero attached hydrogens (tertiary/aromatic N) is 2. The minimum atomic E-state index is -3.62. The van der Waals surface area contributed by atoms with Crippen molar-refractivity contribution < 1.29 is 12.8 Å². The molecule has 1 fully saturated rings. The van der Waals surface area contributed by atoms with Gasteiger partial charge in [0.1, 0.15) is 0 Å². The van der Waals surface area contributed by atoms with Crippen LogP contribution in [0.5, 0.6) is 0 Å². The van der Waals surface area contributed by atoms with E-state index in [1.165, 1.54) is 0 Å². The molecule has 8 heteroatoms. The van der Waals surface area contributed by atoms with Crippen LogP contribution in [0.1, 0.15) is 24.4 Å². The maximum atomic E-state index is 12.9. The molecule has 23 heavy (non-hydrogen) atoms. The van der Waals surface area contributed by atoms with Crippen molar-refractivity contribution in [3.05, 3.63) is 32.5 Å². The van der Waals surface area contributed by atoms with Crippen LogP contribution >= 0.6 is 15.9 Å². The van der Waals surface area contributed by atoms with Crippen LogP contribution in [0.4, 0.5) is 0 Å². The van der Waals surface area contributed by atoms with Crippen molar-refractivity contribution >= 4 is 47.8 Å². The molecule has 1 saturated carbocycles. The SMILES string of the molecule is Cc1c(Br)ccc2c3oc(S(C)(=O)=O)nc3c(=O)n(C3CC3)c12. The van der Waals surface area contributed by atoms with Crippen molar-refractivity contribution in [2.24, 2.45) is 0 Å². The molecule has 3 aromatic rings. The minimum Gasteiger partial charge on any atom is -0.427 e. The number of oxazole rings is 1. The lowest BCUT2D eigenvalue weighted by atomic mass is 10.1. The zero-order valence-corrected chi connectivity index (χ0v) is 14.9. The number of pyridine rings is 1. The molecule has 0 N–H and O–H groups in total. The molecule has 1 aromatic carbocycles. The molecule has 0 amide bonds. The Bertz CT molecular complexity index is 1140. The molecule has 0 saturated heterocycles. The molecular weight excluding hydrogens is 384 g/mol. The van der Waals surface area contributed by atoms with Gasteiger partial charge in [-0.1, -0.05) is 15.9 Å². The standard InChI is InChI=1S/C15H13BrN2O4S/c1-7-10(16)6-5-9-12(7)18(8-3-4-8)14(19)11-13(9)22-15(17-11)23(2,20)21/h5-6,8H,3-4H2,1-2H3. The molecule has 0 atom stereocenters. The number of halogens is 1. The van der Waals surface area contributed by atoms with E-state index in [4.69, 9.17) is 4.42 Å². The second-order valence-electron chi connectivity index (χ2n) is 5.90. The summed E-state index contributed by atoms with van der Waals surface area (Å²) < 4.78 is 31.5. The molecule has 0 unspecified atom stereocenters. The van der Waals surface area contributed by atoms with Gasteiger partial charge < -0.3 is 8.98 Å². The average molecular weight is 397 g/mol. The Kier molecular flexibility index (Phi) is 3.02. The Balaban J connectivity index is 2.27. The van der Waals surface area contributed by atoms with E-state index in [2.05, 4.69) is 20.9 Å². The first-order chi connectivity index (χ1) is 10.8. The van der Waals surface area contributed by atoms with Crippen LogP contribution in [-0.4, -0.2) is 24.2 Å². The number of rotatable bonds is 2. The molecule has 0 radical (unpaired) electrons. The zero-order chi connectivity index (χ0) is 16.5. The van der Waals surface area contributed by atoms with Crippen molar-refractivity contribution in [1.29, 1.82) is 0 Å². The highest BCUT2D eigenvalue weighted by molar-refractivity contribution is 9.10. The van der Waals surface area contributed by atoms with E-state index < -0.39 is 15.1 Å². The van der Waals surface area contributed by atoms with Crippen LogP contribution < -0.4 is 5.56 Å². The number of sulfone groups is 1. The number of aryl methyl sites for hydroxylation is 1. The van der Waals surface area contributed by atoms with E-state index in [-0.39, 0.29) is 22.7 Å². The second kappa shape index (κ2) is 4.67. The Hall–Kier alpha value is -1.67. The number of fused-ring (bicyclic) bond motifs is 3. The molecule has 6 nitrogen and oxygen atoms in total. The topological polar surface area (TPSA) is 82.2 Å². The van der Waals surface area contributed by atoms with Gasteiger partial charge in [0.05, 0.1) is 5.52 Å². The van der Waals surface area contributed by atoms with E-state index >= 15 is 0 Å². The molecule has 0 bridgehead atoms. The lowest BCUT2D eigenvalue weighted by molar-refractivity contribution is 0.462. The number of benzene rings is 1. The average Bonchev–Trinajstić information content (AvgIpc) is 3.19.